The molecule has 1 rings (SSSR count). The zero-order valence-corrected chi connectivity index (χ0v) is 19.7. The average molecular weight is 489 g/mol. The molecule has 0 N–H and O–H groups in total. The number of hydrogen-bond donors (Lipinski definition) is 0. The molecule has 0 heterocycles. The Hall–Kier alpha value is -3.15. The van der Waals surface area contributed by atoms with Gasteiger partial charge in [0.1, 0.15) is 19.8 Å². The highest BCUT2D eigenvalue weighted by Gasteiger charge is 2.19. The van der Waals surface area contributed by atoms with Crippen molar-refractivity contribution in [3.63, 3.8) is 0 Å². The Morgan fingerprint density at radius 2 is 1.48 bits per heavy atom. The quantitative estimate of drug-likeness (QED) is 0.241. The van der Waals surface area contributed by atoms with Crippen LogP contribution in [0.4, 0.5) is 4.79 Å². The highest BCUT2D eigenvalue weighted by molar-refractivity contribution is 7.90. The summed E-state index contributed by atoms with van der Waals surface area (Å²) in [5.41, 5.74) is 0.634. The summed E-state index contributed by atoms with van der Waals surface area (Å²) in [6.07, 6.45) is -1.12. The van der Waals surface area contributed by atoms with E-state index in [1.165, 1.54) is 32.9 Å². The van der Waals surface area contributed by atoms with Crippen molar-refractivity contribution < 1.29 is 51.3 Å². The maximum atomic E-state index is 12.0. The molecule has 0 aliphatic heterocycles. The van der Waals surface area contributed by atoms with Gasteiger partial charge in [0.2, 0.25) is 6.29 Å². The third-order valence-electron chi connectivity index (χ3n) is 3.99. The lowest BCUT2D eigenvalue weighted by Gasteiger charge is -2.18. The molecule has 0 fully saturated rings. The van der Waals surface area contributed by atoms with Gasteiger partial charge in [-0.05, 0) is 24.1 Å². The van der Waals surface area contributed by atoms with Crippen molar-refractivity contribution in [1.82, 2.24) is 0 Å². The first-order chi connectivity index (χ1) is 15.4. The van der Waals surface area contributed by atoms with E-state index < -0.39 is 46.1 Å². The Kier molecular flexibility index (Phi) is 11.3. The smallest absolute Gasteiger partial charge is 0.465 e. The predicted octanol–water partition coefficient (Wildman–Crippen LogP) is 1.81. The molecule has 184 valence electrons. The number of rotatable bonds is 12. The van der Waals surface area contributed by atoms with E-state index in [0.717, 1.165) is 6.26 Å². The van der Waals surface area contributed by atoms with Crippen LogP contribution in [0, 0.1) is 5.92 Å². The van der Waals surface area contributed by atoms with Crippen LogP contribution in [0.5, 0.6) is 0 Å². The van der Waals surface area contributed by atoms with Crippen molar-refractivity contribution in [2.75, 3.05) is 26.1 Å². The monoisotopic (exact) mass is 488 g/mol. The maximum absolute atomic E-state index is 12.0. The van der Waals surface area contributed by atoms with Crippen molar-refractivity contribution in [3.05, 3.63) is 29.8 Å². The lowest BCUT2D eigenvalue weighted by molar-refractivity contribution is -0.168. The number of ether oxygens (including phenoxy) is 5. The fraction of sp³-hybridized carbons (Fsp3) is 0.524. The van der Waals surface area contributed by atoms with Crippen molar-refractivity contribution >= 4 is 33.9 Å². The van der Waals surface area contributed by atoms with Gasteiger partial charge in [-0.25, -0.2) is 13.2 Å². The minimum absolute atomic E-state index is 0.0667. The van der Waals surface area contributed by atoms with Gasteiger partial charge >= 0.3 is 24.1 Å². The molecule has 0 aromatic heterocycles. The lowest BCUT2D eigenvalue weighted by Crippen LogP contribution is -2.27. The van der Waals surface area contributed by atoms with Gasteiger partial charge < -0.3 is 23.7 Å². The van der Waals surface area contributed by atoms with Gasteiger partial charge in [0.15, 0.2) is 9.84 Å². The third-order valence-corrected chi connectivity index (χ3v) is 5.10. The van der Waals surface area contributed by atoms with Crippen LogP contribution in [-0.2, 0) is 54.3 Å². The third kappa shape index (κ3) is 12.5. The fourth-order valence-corrected chi connectivity index (χ4v) is 3.11. The molecule has 0 amide bonds. The van der Waals surface area contributed by atoms with Crippen LogP contribution in [0.1, 0.15) is 32.8 Å². The average Bonchev–Trinajstić information content (AvgIpc) is 2.70. The highest BCUT2D eigenvalue weighted by Crippen LogP contribution is 2.13. The molecule has 1 aromatic carbocycles. The minimum Gasteiger partial charge on any atom is -0.465 e. The molecular weight excluding hydrogens is 460 g/mol. The molecule has 12 heteroatoms. The minimum atomic E-state index is -3.36. The molecular formula is C21H28O11S. The van der Waals surface area contributed by atoms with Crippen molar-refractivity contribution in [2.45, 2.75) is 44.8 Å². The van der Waals surface area contributed by atoms with Crippen LogP contribution in [0.15, 0.2) is 29.2 Å². The topological polar surface area (TPSA) is 149 Å². The van der Waals surface area contributed by atoms with E-state index in [2.05, 4.69) is 0 Å². The maximum Gasteiger partial charge on any atom is 0.511 e. The SMILES string of the molecule is CC(=O)OCC(COC(C)=O)COC(=O)OC(C)OC(=O)CCc1cccc(S(C)(=O)=O)c1. The van der Waals surface area contributed by atoms with Crippen molar-refractivity contribution in [3.8, 4) is 0 Å². The Balaban J connectivity index is 2.44. The van der Waals surface area contributed by atoms with Crippen LogP contribution < -0.4 is 0 Å². The van der Waals surface area contributed by atoms with Gasteiger partial charge in [-0.2, -0.15) is 0 Å². The summed E-state index contributed by atoms with van der Waals surface area (Å²) >= 11 is 0. The van der Waals surface area contributed by atoms with E-state index in [0.29, 0.717) is 5.56 Å². The highest BCUT2D eigenvalue weighted by atomic mass is 32.2. The van der Waals surface area contributed by atoms with Gasteiger partial charge in [-0.15, -0.1) is 0 Å². The second kappa shape index (κ2) is 13.4. The molecule has 1 aromatic rings. The Morgan fingerprint density at radius 3 is 2.03 bits per heavy atom. The zero-order valence-electron chi connectivity index (χ0n) is 18.9. The molecule has 1 unspecified atom stereocenters. The molecule has 0 spiro atoms. The van der Waals surface area contributed by atoms with Gasteiger partial charge in [-0.3, -0.25) is 14.4 Å². The van der Waals surface area contributed by atoms with E-state index in [1.54, 1.807) is 12.1 Å². The van der Waals surface area contributed by atoms with Gasteiger partial charge in [-0.1, -0.05) is 12.1 Å². The van der Waals surface area contributed by atoms with Gasteiger partial charge in [0.25, 0.3) is 0 Å². The zero-order chi connectivity index (χ0) is 25.0. The molecule has 0 aliphatic carbocycles. The lowest BCUT2D eigenvalue weighted by atomic mass is 10.1. The molecule has 33 heavy (non-hydrogen) atoms. The van der Waals surface area contributed by atoms with E-state index in [-0.39, 0.29) is 37.6 Å². The second-order valence-corrected chi connectivity index (χ2v) is 9.14. The number of benzene rings is 1. The fourth-order valence-electron chi connectivity index (χ4n) is 2.42. The van der Waals surface area contributed by atoms with E-state index >= 15 is 0 Å². The van der Waals surface area contributed by atoms with E-state index in [9.17, 15) is 27.6 Å². The summed E-state index contributed by atoms with van der Waals surface area (Å²) in [5.74, 6) is -2.36. The van der Waals surface area contributed by atoms with Crippen LogP contribution >= 0.6 is 0 Å². The normalized spacial score (nSPS) is 11.9. The Bertz CT molecular complexity index is 921. The summed E-state index contributed by atoms with van der Waals surface area (Å²) in [5, 5.41) is 0. The summed E-state index contributed by atoms with van der Waals surface area (Å²) in [6.45, 7) is 3.18. The molecule has 1 atom stereocenters. The van der Waals surface area contributed by atoms with Crippen LogP contribution in [0.3, 0.4) is 0 Å². The summed E-state index contributed by atoms with van der Waals surface area (Å²) < 4.78 is 47.6. The first-order valence-corrected chi connectivity index (χ1v) is 11.8. The van der Waals surface area contributed by atoms with Crippen LogP contribution in [0.25, 0.3) is 0 Å². The van der Waals surface area contributed by atoms with Gasteiger partial charge in [0, 0.05) is 33.4 Å². The Labute approximate surface area is 192 Å². The van der Waals surface area contributed by atoms with E-state index in [4.69, 9.17) is 23.7 Å². The summed E-state index contributed by atoms with van der Waals surface area (Å²) in [4.78, 5) is 45.8. The Morgan fingerprint density at radius 1 is 0.909 bits per heavy atom. The number of sulfone groups is 1. The molecule has 11 nitrogen and oxygen atoms in total. The predicted molar refractivity (Wildman–Crippen MR) is 113 cm³/mol. The summed E-state index contributed by atoms with van der Waals surface area (Å²) in [6, 6.07) is 6.19. The number of carbonyl (C=O) groups is 4. The first kappa shape index (κ1) is 27.9. The second-order valence-electron chi connectivity index (χ2n) is 7.13. The number of hydrogen-bond acceptors (Lipinski definition) is 11. The standard InChI is InChI=1S/C21H28O11S/c1-14(22)28-11-18(12-29-15(2)23)13-30-21(25)32-16(3)31-20(24)9-8-17-6-5-7-19(10-17)33(4,26)27/h5-7,10,16,18H,8-9,11-13H2,1-4H3. The van der Waals surface area contributed by atoms with Crippen LogP contribution in [0.2, 0.25) is 0 Å². The molecule has 0 saturated heterocycles. The molecule has 0 radical (unpaired) electrons. The first-order valence-electron chi connectivity index (χ1n) is 9.95. The molecule has 0 saturated carbocycles. The number of carbonyl (C=O) groups excluding carboxylic acids is 4. The van der Waals surface area contributed by atoms with E-state index in [1.807, 2.05) is 0 Å². The largest absolute Gasteiger partial charge is 0.511 e. The number of aryl methyl sites for hydroxylation is 1. The van der Waals surface area contributed by atoms with Gasteiger partial charge in [0.05, 0.1) is 10.8 Å². The number of esters is 3. The van der Waals surface area contributed by atoms with Crippen molar-refractivity contribution in [2.24, 2.45) is 5.92 Å². The molecule has 0 aliphatic rings. The van der Waals surface area contributed by atoms with Crippen molar-refractivity contribution in [1.29, 1.82) is 0 Å². The summed E-state index contributed by atoms with van der Waals surface area (Å²) in [7, 11) is -3.36. The van der Waals surface area contributed by atoms with Crippen LogP contribution in [-0.4, -0.2) is 64.8 Å². The molecule has 0 bridgehead atoms.